The molecule has 1 aliphatic rings. The third kappa shape index (κ3) is 5.10. The molecule has 1 aromatic carbocycles. The molecule has 0 bridgehead atoms. The van der Waals surface area contributed by atoms with E-state index in [0.29, 0.717) is 30.6 Å². The summed E-state index contributed by atoms with van der Waals surface area (Å²) >= 11 is 0. The zero-order valence-electron chi connectivity index (χ0n) is 14.9. The number of hydrogen-bond donors (Lipinski definition) is 2. The number of nitrogens with zero attached hydrogens (tertiary/aromatic N) is 3. The van der Waals surface area contributed by atoms with Crippen molar-refractivity contribution in [2.24, 2.45) is 5.92 Å². The highest BCUT2D eigenvalue weighted by Crippen LogP contribution is 2.36. The minimum absolute atomic E-state index is 0.0620. The van der Waals surface area contributed by atoms with Crippen LogP contribution in [0.3, 0.4) is 0 Å². The molecule has 0 aliphatic heterocycles. The number of halogens is 2. The maximum Gasteiger partial charge on any atom is 0.318 e. The fourth-order valence-corrected chi connectivity index (χ4v) is 4.09. The van der Waals surface area contributed by atoms with Gasteiger partial charge in [0.15, 0.2) is 0 Å². The zero-order valence-corrected chi connectivity index (χ0v) is 15.7. The molecule has 28 heavy (non-hydrogen) atoms. The van der Waals surface area contributed by atoms with Crippen molar-refractivity contribution in [2.75, 3.05) is 6.54 Å². The molecule has 0 unspecified atom stereocenters. The molecule has 1 fully saturated rings. The van der Waals surface area contributed by atoms with Gasteiger partial charge in [0, 0.05) is 24.9 Å². The van der Waals surface area contributed by atoms with Gasteiger partial charge in [0.2, 0.25) is 15.9 Å². The lowest BCUT2D eigenvalue weighted by molar-refractivity contribution is -0.135. The van der Waals surface area contributed by atoms with Gasteiger partial charge >= 0.3 is 5.97 Å². The smallest absolute Gasteiger partial charge is 0.318 e. The first-order valence-corrected chi connectivity index (χ1v) is 10.2. The highest BCUT2D eigenvalue weighted by molar-refractivity contribution is 7.89. The second-order valence-electron chi connectivity index (χ2n) is 6.87. The second kappa shape index (κ2) is 7.92. The summed E-state index contributed by atoms with van der Waals surface area (Å²) in [6.07, 6.45) is 2.37. The van der Waals surface area contributed by atoms with Crippen LogP contribution in [0.15, 0.2) is 35.4 Å². The van der Waals surface area contributed by atoms with E-state index in [2.05, 4.69) is 10.3 Å². The Hall–Kier alpha value is -2.40. The summed E-state index contributed by atoms with van der Waals surface area (Å²) in [5, 5.41) is 16.7. The Bertz CT molecular complexity index is 934. The van der Waals surface area contributed by atoms with Crippen LogP contribution in [-0.2, 0) is 21.4 Å². The molecule has 1 saturated carbocycles. The number of benzene rings is 1. The first-order chi connectivity index (χ1) is 13.1. The molecule has 0 radical (unpaired) electrons. The molecular formula is C17H20F2N4O4S. The fourth-order valence-electron chi connectivity index (χ4n) is 3.11. The summed E-state index contributed by atoms with van der Waals surface area (Å²) in [6.45, 7) is -0.194. The normalized spacial score (nSPS) is 17.5. The quantitative estimate of drug-likeness (QED) is 0.717. The minimum Gasteiger partial charge on any atom is -0.480 e. The number of rotatable bonds is 7. The van der Waals surface area contributed by atoms with Gasteiger partial charge in [0.25, 0.3) is 0 Å². The molecule has 1 heterocycles. The Morgan fingerprint density at radius 1 is 1.25 bits per heavy atom. The Morgan fingerprint density at radius 3 is 2.50 bits per heavy atom. The predicted molar refractivity (Wildman–Crippen MR) is 95.2 cm³/mol. The molecule has 2 N–H and O–H groups in total. The summed E-state index contributed by atoms with van der Waals surface area (Å²) in [4.78, 5) is 10.4. The van der Waals surface area contributed by atoms with Crippen molar-refractivity contribution >= 4 is 16.0 Å². The van der Waals surface area contributed by atoms with Crippen LogP contribution in [0.4, 0.5) is 8.78 Å². The molecule has 2 aromatic rings. The topological polar surface area (TPSA) is 114 Å². The summed E-state index contributed by atoms with van der Waals surface area (Å²) in [5.74, 6) is -3.72. The SMILES string of the molecule is O=C(O)CNS(=O)(=O)c1ccc(-c2cn(CC3CCC(F)(F)CC3)nn2)cc1. The van der Waals surface area contributed by atoms with E-state index in [-0.39, 0.29) is 23.7 Å². The number of alkyl halides is 2. The van der Waals surface area contributed by atoms with Gasteiger partial charge in [-0.15, -0.1) is 5.10 Å². The lowest BCUT2D eigenvalue weighted by atomic mass is 9.87. The van der Waals surface area contributed by atoms with E-state index < -0.39 is 28.5 Å². The Morgan fingerprint density at radius 2 is 1.89 bits per heavy atom. The number of carboxylic acid groups (broad SMARTS) is 1. The number of aliphatic carboxylic acids is 1. The Kier molecular flexibility index (Phi) is 5.75. The maximum atomic E-state index is 13.2. The summed E-state index contributed by atoms with van der Waals surface area (Å²) < 4.78 is 54.1. The Labute approximate surface area is 160 Å². The molecule has 152 valence electrons. The highest BCUT2D eigenvalue weighted by Gasteiger charge is 2.35. The number of aromatic nitrogens is 3. The molecule has 0 amide bonds. The molecule has 1 aromatic heterocycles. The predicted octanol–water partition coefficient (Wildman–Crippen LogP) is 2.13. The van der Waals surface area contributed by atoms with Gasteiger partial charge in [-0.05, 0) is 30.9 Å². The van der Waals surface area contributed by atoms with Gasteiger partial charge in [0.1, 0.15) is 12.2 Å². The maximum absolute atomic E-state index is 13.2. The number of carboxylic acids is 1. The van der Waals surface area contributed by atoms with Crippen molar-refractivity contribution < 1.29 is 27.1 Å². The zero-order chi connectivity index (χ0) is 20.4. The van der Waals surface area contributed by atoms with Crippen LogP contribution in [-0.4, -0.2) is 47.0 Å². The van der Waals surface area contributed by atoms with Crippen molar-refractivity contribution in [3.63, 3.8) is 0 Å². The van der Waals surface area contributed by atoms with Crippen LogP contribution in [0, 0.1) is 5.92 Å². The number of sulfonamides is 1. The van der Waals surface area contributed by atoms with Crippen LogP contribution in [0.1, 0.15) is 25.7 Å². The second-order valence-corrected chi connectivity index (χ2v) is 8.63. The molecule has 0 saturated heterocycles. The van der Waals surface area contributed by atoms with E-state index in [4.69, 9.17) is 5.11 Å². The molecule has 0 spiro atoms. The third-order valence-corrected chi connectivity index (χ3v) is 6.11. The van der Waals surface area contributed by atoms with Crippen LogP contribution in [0.2, 0.25) is 0 Å². The largest absolute Gasteiger partial charge is 0.480 e. The molecular weight excluding hydrogens is 394 g/mol. The third-order valence-electron chi connectivity index (χ3n) is 4.69. The monoisotopic (exact) mass is 414 g/mol. The van der Waals surface area contributed by atoms with Gasteiger partial charge in [-0.1, -0.05) is 17.3 Å². The first kappa shape index (κ1) is 20.3. The van der Waals surface area contributed by atoms with Crippen LogP contribution < -0.4 is 4.72 Å². The number of carbonyl (C=O) groups is 1. The van der Waals surface area contributed by atoms with E-state index in [1.807, 2.05) is 4.72 Å². The van der Waals surface area contributed by atoms with Crippen LogP contribution in [0.25, 0.3) is 11.3 Å². The molecule has 8 nitrogen and oxygen atoms in total. The van der Waals surface area contributed by atoms with Gasteiger partial charge in [-0.2, -0.15) is 4.72 Å². The minimum atomic E-state index is -3.91. The van der Waals surface area contributed by atoms with Crippen molar-refractivity contribution in [3.05, 3.63) is 30.5 Å². The molecule has 0 atom stereocenters. The lowest BCUT2D eigenvalue weighted by Gasteiger charge is -2.27. The number of nitrogens with one attached hydrogen (secondary N) is 1. The fraction of sp³-hybridized carbons (Fsp3) is 0.471. The highest BCUT2D eigenvalue weighted by atomic mass is 32.2. The summed E-state index contributed by atoms with van der Waals surface area (Å²) in [6, 6.07) is 5.79. The van der Waals surface area contributed by atoms with Crippen molar-refractivity contribution in [1.82, 2.24) is 19.7 Å². The van der Waals surface area contributed by atoms with Gasteiger partial charge in [-0.3, -0.25) is 9.48 Å². The van der Waals surface area contributed by atoms with Gasteiger partial charge in [0.05, 0.1) is 11.1 Å². The van der Waals surface area contributed by atoms with Crippen molar-refractivity contribution in [3.8, 4) is 11.3 Å². The lowest BCUT2D eigenvalue weighted by Crippen LogP contribution is -2.29. The van der Waals surface area contributed by atoms with Crippen LogP contribution in [0.5, 0.6) is 0 Å². The van der Waals surface area contributed by atoms with E-state index in [1.165, 1.54) is 12.1 Å². The van der Waals surface area contributed by atoms with Crippen LogP contribution >= 0.6 is 0 Å². The molecule has 11 heteroatoms. The Balaban J connectivity index is 1.64. The van der Waals surface area contributed by atoms with E-state index >= 15 is 0 Å². The van der Waals surface area contributed by atoms with E-state index in [9.17, 15) is 22.0 Å². The van der Waals surface area contributed by atoms with Gasteiger partial charge in [-0.25, -0.2) is 17.2 Å². The number of hydrogen-bond acceptors (Lipinski definition) is 5. The summed E-state index contributed by atoms with van der Waals surface area (Å²) in [7, 11) is -3.91. The van der Waals surface area contributed by atoms with E-state index in [0.717, 1.165) is 0 Å². The van der Waals surface area contributed by atoms with Crippen molar-refractivity contribution in [2.45, 2.75) is 43.0 Å². The average Bonchev–Trinajstić information content (AvgIpc) is 3.11. The van der Waals surface area contributed by atoms with E-state index in [1.54, 1.807) is 23.0 Å². The van der Waals surface area contributed by atoms with Crippen molar-refractivity contribution in [1.29, 1.82) is 0 Å². The first-order valence-electron chi connectivity index (χ1n) is 8.74. The molecule has 1 aliphatic carbocycles. The summed E-state index contributed by atoms with van der Waals surface area (Å²) in [5.41, 5.74) is 1.17. The standard InChI is InChI=1S/C17H20F2N4O4S/c18-17(19)7-5-12(6-8-17)10-23-11-15(21-22-23)13-1-3-14(4-2-13)28(26,27)20-9-16(24)25/h1-4,11-12,20H,5-10H2,(H,24,25). The molecule has 3 rings (SSSR count). The average molecular weight is 414 g/mol. The van der Waals surface area contributed by atoms with Gasteiger partial charge < -0.3 is 5.11 Å².